The van der Waals surface area contributed by atoms with Gasteiger partial charge in [0.25, 0.3) is 0 Å². The maximum Gasteiger partial charge on any atom is 0.119 e. The van der Waals surface area contributed by atoms with Crippen molar-refractivity contribution in [1.29, 1.82) is 0 Å². The molecule has 0 saturated carbocycles. The van der Waals surface area contributed by atoms with Crippen LogP contribution in [0, 0.1) is 6.92 Å². The Balaban J connectivity index is 0.00000264. The van der Waals surface area contributed by atoms with E-state index in [9.17, 15) is 5.11 Å². The van der Waals surface area contributed by atoms with Crippen LogP contribution in [-0.2, 0) is 0 Å². The molecule has 140 valence electrons. The van der Waals surface area contributed by atoms with Crippen LogP contribution in [0.25, 0.3) is 0 Å². The first-order valence-corrected chi connectivity index (χ1v) is 8.28. The third-order valence-electron chi connectivity index (χ3n) is 4.37. The summed E-state index contributed by atoms with van der Waals surface area (Å²) in [6, 6.07) is 6.20. The van der Waals surface area contributed by atoms with E-state index in [-0.39, 0.29) is 24.8 Å². The van der Waals surface area contributed by atoms with Crippen molar-refractivity contribution in [2.75, 3.05) is 46.4 Å². The number of ether oxygens (including phenoxy) is 1. The highest BCUT2D eigenvalue weighted by atomic mass is 35.5. The van der Waals surface area contributed by atoms with Crippen LogP contribution in [0.5, 0.6) is 5.75 Å². The molecule has 1 heterocycles. The molecule has 1 aromatic carbocycles. The summed E-state index contributed by atoms with van der Waals surface area (Å²) >= 11 is 0. The van der Waals surface area contributed by atoms with E-state index < -0.39 is 6.10 Å². The Morgan fingerprint density at radius 3 is 2.29 bits per heavy atom. The largest absolute Gasteiger partial charge is 1.00 e. The molecule has 1 unspecified atom stereocenters. The summed E-state index contributed by atoms with van der Waals surface area (Å²) in [7, 11) is 2.14. The summed E-state index contributed by atoms with van der Waals surface area (Å²) in [5.74, 6) is 1.37. The molecule has 0 aromatic heterocycles. The molecule has 0 radical (unpaired) electrons. The summed E-state index contributed by atoms with van der Waals surface area (Å²) in [5.41, 5.74) is 2.60. The van der Waals surface area contributed by atoms with Crippen molar-refractivity contribution in [3.05, 3.63) is 29.3 Å². The lowest BCUT2D eigenvalue weighted by atomic mass is 9.98. The second kappa shape index (κ2) is 11.2. The van der Waals surface area contributed by atoms with Crippen LogP contribution in [0.2, 0.25) is 0 Å². The highest BCUT2D eigenvalue weighted by Gasteiger charge is 2.17. The van der Waals surface area contributed by atoms with Crippen LogP contribution in [0.15, 0.2) is 18.2 Å². The number of nitrogens with zero attached hydrogens (tertiary/aromatic N) is 2. The third kappa shape index (κ3) is 7.16. The minimum atomic E-state index is -0.437. The second-order valence-electron chi connectivity index (χ2n) is 6.74. The molecule has 1 atom stereocenters. The summed E-state index contributed by atoms with van der Waals surface area (Å²) < 4.78 is 5.76. The van der Waals surface area contributed by atoms with Crippen molar-refractivity contribution in [1.82, 2.24) is 9.80 Å². The lowest BCUT2D eigenvalue weighted by Crippen LogP contribution is -3.00. The Kier molecular flexibility index (Phi) is 10.9. The van der Waals surface area contributed by atoms with Gasteiger partial charge in [-0.1, -0.05) is 19.9 Å². The molecule has 0 aliphatic carbocycles. The highest BCUT2D eigenvalue weighted by Crippen LogP contribution is 2.23. The van der Waals surface area contributed by atoms with Crippen LogP contribution >= 0.6 is 0 Å². The van der Waals surface area contributed by atoms with Gasteiger partial charge < -0.3 is 39.6 Å². The molecule has 4 nitrogen and oxygen atoms in total. The maximum absolute atomic E-state index is 10.2. The predicted octanol–water partition coefficient (Wildman–Crippen LogP) is -3.89. The number of β-amino-alcohol motifs (C(OH)–C–C–N with tert-alkyl or cyclic N) is 1. The van der Waals surface area contributed by atoms with E-state index in [2.05, 4.69) is 49.8 Å². The first-order valence-electron chi connectivity index (χ1n) is 8.28. The summed E-state index contributed by atoms with van der Waals surface area (Å²) in [6.07, 6.45) is -0.437. The fraction of sp³-hybridized carbons (Fsp3) is 0.667. The number of aryl methyl sites for hydroxylation is 1. The second-order valence-corrected chi connectivity index (χ2v) is 6.74. The van der Waals surface area contributed by atoms with Crippen molar-refractivity contribution in [3.8, 4) is 5.75 Å². The number of likely N-dealkylation sites (N-methyl/N-ethyl adjacent to an activating group) is 1. The zero-order valence-electron chi connectivity index (χ0n) is 15.1. The van der Waals surface area contributed by atoms with Gasteiger partial charge in [-0.25, -0.2) is 0 Å². The molecule has 1 aromatic rings. The molecule has 6 heteroatoms. The minimum absolute atomic E-state index is 0. The van der Waals surface area contributed by atoms with Gasteiger partial charge >= 0.3 is 0 Å². The standard InChI is InChI=1S/C18H30N2O2.2ClH/c1-14(2)18-6-5-17(11-15(18)3)22-13-16(21)12-20-9-7-19(4)8-10-20;;/h5-6,11,14,16,21H,7-10,12-13H2,1-4H3;2*1H/p-2. The summed E-state index contributed by atoms with van der Waals surface area (Å²) in [6.45, 7) is 11.7. The van der Waals surface area contributed by atoms with Crippen LogP contribution in [0.1, 0.15) is 30.9 Å². The van der Waals surface area contributed by atoms with Crippen LogP contribution in [0.4, 0.5) is 0 Å². The van der Waals surface area contributed by atoms with Crippen molar-refractivity contribution in [2.24, 2.45) is 0 Å². The molecule has 1 fully saturated rings. The van der Waals surface area contributed by atoms with Crippen LogP contribution < -0.4 is 29.6 Å². The number of piperazine rings is 1. The van der Waals surface area contributed by atoms with E-state index in [1.54, 1.807) is 0 Å². The number of hydrogen-bond donors (Lipinski definition) is 1. The van der Waals surface area contributed by atoms with E-state index in [4.69, 9.17) is 4.74 Å². The van der Waals surface area contributed by atoms with Gasteiger partial charge in [-0.3, -0.25) is 4.90 Å². The van der Waals surface area contributed by atoms with Gasteiger partial charge in [0.05, 0.1) is 0 Å². The van der Waals surface area contributed by atoms with Gasteiger partial charge in [0, 0.05) is 32.7 Å². The monoisotopic (exact) mass is 376 g/mol. The van der Waals surface area contributed by atoms with Gasteiger partial charge in [-0.15, -0.1) is 0 Å². The Bertz CT molecular complexity index is 478. The van der Waals surface area contributed by atoms with E-state index in [1.165, 1.54) is 11.1 Å². The molecular weight excluding hydrogens is 347 g/mol. The van der Waals surface area contributed by atoms with Crippen LogP contribution in [-0.4, -0.2) is 67.4 Å². The molecule has 0 bridgehead atoms. The summed E-state index contributed by atoms with van der Waals surface area (Å²) in [5, 5.41) is 10.2. The molecule has 24 heavy (non-hydrogen) atoms. The van der Waals surface area contributed by atoms with Gasteiger partial charge in [0.15, 0.2) is 0 Å². The molecule has 1 aliphatic rings. The normalized spacial score (nSPS) is 17.1. The molecule has 1 N–H and O–H groups in total. The third-order valence-corrected chi connectivity index (χ3v) is 4.37. The molecular formula is C18H30Cl2N2O2-2. The number of hydrogen-bond acceptors (Lipinski definition) is 4. The number of aliphatic hydroxyl groups is 1. The SMILES string of the molecule is Cc1cc(OCC(O)CN2CCN(C)CC2)ccc1C(C)C.[Cl-].[Cl-]. The van der Waals surface area contributed by atoms with Gasteiger partial charge in [0.2, 0.25) is 0 Å². The van der Waals surface area contributed by atoms with Gasteiger partial charge in [0.1, 0.15) is 18.5 Å². The molecule has 2 rings (SSSR count). The quantitative estimate of drug-likeness (QED) is 0.550. The van der Waals surface area contributed by atoms with E-state index in [1.807, 2.05) is 6.07 Å². The van der Waals surface area contributed by atoms with E-state index in [0.717, 1.165) is 31.9 Å². The lowest BCUT2D eigenvalue weighted by Gasteiger charge is -2.33. The Morgan fingerprint density at radius 1 is 1.12 bits per heavy atom. The average Bonchev–Trinajstić information content (AvgIpc) is 2.47. The van der Waals surface area contributed by atoms with Crippen molar-refractivity contribution < 1.29 is 34.7 Å². The Labute approximate surface area is 159 Å². The molecule has 0 amide bonds. The first-order chi connectivity index (χ1) is 10.5. The zero-order chi connectivity index (χ0) is 16.1. The fourth-order valence-corrected chi connectivity index (χ4v) is 2.96. The maximum atomic E-state index is 10.2. The van der Waals surface area contributed by atoms with E-state index in [0.29, 0.717) is 19.1 Å². The highest BCUT2D eigenvalue weighted by molar-refractivity contribution is 5.36. The molecule has 0 spiro atoms. The van der Waals surface area contributed by atoms with Crippen LogP contribution in [0.3, 0.4) is 0 Å². The summed E-state index contributed by atoms with van der Waals surface area (Å²) in [4.78, 5) is 4.62. The zero-order valence-corrected chi connectivity index (χ0v) is 16.6. The number of benzene rings is 1. The number of rotatable bonds is 6. The topological polar surface area (TPSA) is 35.9 Å². The van der Waals surface area contributed by atoms with E-state index >= 15 is 0 Å². The first kappa shape index (κ1) is 23.5. The minimum Gasteiger partial charge on any atom is -1.00 e. The predicted molar refractivity (Wildman–Crippen MR) is 90.7 cm³/mol. The lowest BCUT2D eigenvalue weighted by molar-refractivity contribution is -0.00100. The molecule has 1 saturated heterocycles. The Hall–Kier alpha value is -0.520. The van der Waals surface area contributed by atoms with Gasteiger partial charge in [-0.05, 0) is 43.1 Å². The van der Waals surface area contributed by atoms with Gasteiger partial charge in [-0.2, -0.15) is 0 Å². The number of aliphatic hydroxyl groups excluding tert-OH is 1. The van der Waals surface area contributed by atoms with Crippen molar-refractivity contribution >= 4 is 0 Å². The fourth-order valence-electron chi connectivity index (χ4n) is 2.96. The van der Waals surface area contributed by atoms with Crippen molar-refractivity contribution in [2.45, 2.75) is 32.8 Å². The Morgan fingerprint density at radius 2 is 1.75 bits per heavy atom. The smallest absolute Gasteiger partial charge is 0.119 e. The number of halogens is 2. The molecule has 1 aliphatic heterocycles. The van der Waals surface area contributed by atoms with Crippen molar-refractivity contribution in [3.63, 3.8) is 0 Å². The average molecular weight is 377 g/mol.